The molecule has 0 bridgehead atoms. The van der Waals surface area contributed by atoms with E-state index in [-0.39, 0.29) is 4.75 Å². The van der Waals surface area contributed by atoms with Crippen LogP contribution >= 0.6 is 37.0 Å². The fraction of sp³-hybridized carbons (Fsp3) is 0.455. The molecule has 0 radical (unpaired) electrons. The van der Waals surface area contributed by atoms with E-state index < -0.39 is 0 Å². The molecule has 0 amide bonds. The van der Waals surface area contributed by atoms with Gasteiger partial charge in [-0.2, -0.15) is 25.3 Å². The Morgan fingerprint density at radius 1 is 1.14 bits per heavy atom. The normalized spacial score (nSPS) is 11.6. The van der Waals surface area contributed by atoms with Crippen molar-refractivity contribution >= 4 is 37.0 Å². The highest BCUT2D eigenvalue weighted by molar-refractivity contribution is 8.01. The van der Waals surface area contributed by atoms with Gasteiger partial charge in [0.1, 0.15) is 0 Å². The van der Waals surface area contributed by atoms with Crippen LogP contribution in [0.4, 0.5) is 0 Å². The molecule has 0 N–H and O–H groups in total. The Labute approximate surface area is 102 Å². The molecule has 1 aromatic rings. The first-order valence-corrected chi connectivity index (χ1v) is 6.85. The van der Waals surface area contributed by atoms with Crippen LogP contribution < -0.4 is 0 Å². The molecule has 1 aromatic carbocycles. The Morgan fingerprint density at radius 3 is 2.21 bits per heavy atom. The molecule has 0 aliphatic rings. The van der Waals surface area contributed by atoms with Gasteiger partial charge >= 0.3 is 0 Å². The highest BCUT2D eigenvalue weighted by atomic mass is 32.2. The summed E-state index contributed by atoms with van der Waals surface area (Å²) in [5, 5.41) is 0. The Bertz CT molecular complexity index is 254. The van der Waals surface area contributed by atoms with Crippen molar-refractivity contribution in [1.29, 1.82) is 0 Å². The third-order valence-corrected chi connectivity index (χ3v) is 5.39. The number of hydrogen-bond donors (Lipinski definition) is 2. The highest BCUT2D eigenvalue weighted by Gasteiger charge is 2.20. The van der Waals surface area contributed by atoms with Crippen molar-refractivity contribution in [3.63, 3.8) is 0 Å². The minimum absolute atomic E-state index is 0.183. The molecule has 0 aliphatic heterocycles. The average Bonchev–Trinajstić information content (AvgIpc) is 2.27. The van der Waals surface area contributed by atoms with Gasteiger partial charge in [0.25, 0.3) is 0 Å². The van der Waals surface area contributed by atoms with Gasteiger partial charge in [-0.25, -0.2) is 0 Å². The smallest absolute Gasteiger partial charge is 0.0310 e. The number of benzene rings is 1. The molecule has 0 aliphatic carbocycles. The zero-order valence-corrected chi connectivity index (χ0v) is 10.9. The van der Waals surface area contributed by atoms with E-state index in [9.17, 15) is 0 Å². The largest absolute Gasteiger partial charge is 0.178 e. The maximum Gasteiger partial charge on any atom is 0.0310 e. The van der Waals surface area contributed by atoms with Crippen LogP contribution in [0.25, 0.3) is 0 Å². The van der Waals surface area contributed by atoms with E-state index in [1.54, 1.807) is 0 Å². The second kappa shape index (κ2) is 5.99. The Morgan fingerprint density at radius 2 is 1.71 bits per heavy atom. The van der Waals surface area contributed by atoms with E-state index in [1.807, 2.05) is 17.8 Å². The highest BCUT2D eigenvalue weighted by Crippen LogP contribution is 2.30. The summed E-state index contributed by atoms with van der Waals surface area (Å²) in [5.74, 6) is 2.78. The van der Waals surface area contributed by atoms with Gasteiger partial charge in [0.15, 0.2) is 0 Å². The summed E-state index contributed by atoms with van der Waals surface area (Å²) >= 11 is 10.6. The molecule has 0 nitrogen and oxygen atoms in total. The summed E-state index contributed by atoms with van der Waals surface area (Å²) in [6, 6.07) is 10.5. The lowest BCUT2D eigenvalue weighted by atomic mass is 10.2. The molecule has 14 heavy (non-hydrogen) atoms. The van der Waals surface area contributed by atoms with Crippen LogP contribution in [0.15, 0.2) is 30.3 Å². The molecule has 0 saturated carbocycles. The molecule has 0 saturated heterocycles. The van der Waals surface area contributed by atoms with E-state index >= 15 is 0 Å². The number of thioether (sulfide) groups is 1. The number of hydrogen-bond acceptors (Lipinski definition) is 3. The van der Waals surface area contributed by atoms with Crippen LogP contribution in [0.3, 0.4) is 0 Å². The molecule has 0 aromatic heterocycles. The first kappa shape index (κ1) is 12.3. The predicted molar refractivity (Wildman–Crippen MR) is 73.8 cm³/mol. The van der Waals surface area contributed by atoms with Crippen molar-refractivity contribution < 1.29 is 0 Å². The second-order valence-electron chi connectivity index (χ2n) is 3.54. The summed E-state index contributed by atoms with van der Waals surface area (Å²) in [6.45, 7) is 2.21. The number of rotatable bonds is 5. The molecule has 0 unspecified atom stereocenters. The van der Waals surface area contributed by atoms with E-state index in [2.05, 4.69) is 56.4 Å². The summed E-state index contributed by atoms with van der Waals surface area (Å²) in [4.78, 5) is 0. The van der Waals surface area contributed by atoms with Gasteiger partial charge in [-0.3, -0.25) is 0 Å². The van der Waals surface area contributed by atoms with Crippen molar-refractivity contribution in [2.75, 3.05) is 11.5 Å². The monoisotopic (exact) mass is 244 g/mol. The zero-order chi connectivity index (χ0) is 10.4. The van der Waals surface area contributed by atoms with Crippen LogP contribution in [0.2, 0.25) is 0 Å². The van der Waals surface area contributed by atoms with E-state index in [1.165, 1.54) is 5.56 Å². The first-order valence-electron chi connectivity index (χ1n) is 4.60. The van der Waals surface area contributed by atoms with Crippen molar-refractivity contribution in [1.82, 2.24) is 0 Å². The van der Waals surface area contributed by atoms with Gasteiger partial charge in [-0.15, -0.1) is 11.8 Å². The van der Waals surface area contributed by atoms with Gasteiger partial charge in [0.2, 0.25) is 0 Å². The molecular weight excluding hydrogens is 228 g/mol. The minimum atomic E-state index is 0.183. The van der Waals surface area contributed by atoms with Gasteiger partial charge in [0, 0.05) is 22.0 Å². The summed E-state index contributed by atoms with van der Waals surface area (Å²) < 4.78 is 0.183. The molecule has 0 fully saturated rings. The van der Waals surface area contributed by atoms with Crippen molar-refractivity contribution in [3.8, 4) is 0 Å². The lowest BCUT2D eigenvalue weighted by molar-refractivity contribution is 0.835. The van der Waals surface area contributed by atoms with Crippen LogP contribution in [0.1, 0.15) is 12.5 Å². The third-order valence-electron chi connectivity index (χ3n) is 2.10. The van der Waals surface area contributed by atoms with Gasteiger partial charge in [0.05, 0.1) is 0 Å². The SMILES string of the molecule is CC(CS)(CS)SCc1ccccc1. The van der Waals surface area contributed by atoms with Crippen LogP contribution in [-0.2, 0) is 5.75 Å². The molecule has 0 atom stereocenters. The fourth-order valence-electron chi connectivity index (χ4n) is 0.973. The third kappa shape index (κ3) is 3.79. The van der Waals surface area contributed by atoms with Crippen LogP contribution in [-0.4, -0.2) is 16.3 Å². The molecule has 78 valence electrons. The fourth-order valence-corrected chi connectivity index (χ4v) is 2.81. The summed E-state index contributed by atoms with van der Waals surface area (Å²) in [5.41, 5.74) is 1.37. The predicted octanol–water partition coefficient (Wildman–Crippen LogP) is 3.54. The van der Waals surface area contributed by atoms with E-state index in [0.29, 0.717) is 0 Å². The molecular formula is C11H16S3. The topological polar surface area (TPSA) is 0 Å². The Kier molecular flexibility index (Phi) is 5.28. The quantitative estimate of drug-likeness (QED) is 0.747. The van der Waals surface area contributed by atoms with E-state index in [4.69, 9.17) is 0 Å². The van der Waals surface area contributed by atoms with Crippen LogP contribution in [0, 0.1) is 0 Å². The minimum Gasteiger partial charge on any atom is -0.178 e. The average molecular weight is 244 g/mol. The second-order valence-corrected chi connectivity index (χ2v) is 5.74. The van der Waals surface area contributed by atoms with Crippen LogP contribution in [0.5, 0.6) is 0 Å². The van der Waals surface area contributed by atoms with Gasteiger partial charge in [-0.05, 0) is 12.5 Å². The van der Waals surface area contributed by atoms with Gasteiger partial charge < -0.3 is 0 Å². The zero-order valence-electron chi connectivity index (χ0n) is 8.31. The van der Waals surface area contributed by atoms with Crippen molar-refractivity contribution in [3.05, 3.63) is 35.9 Å². The number of thiol groups is 2. The van der Waals surface area contributed by atoms with E-state index in [0.717, 1.165) is 17.3 Å². The van der Waals surface area contributed by atoms with Crippen molar-refractivity contribution in [2.45, 2.75) is 17.4 Å². The molecule has 0 spiro atoms. The lowest BCUT2D eigenvalue weighted by Crippen LogP contribution is -2.24. The standard InChI is InChI=1S/C11H16S3/c1-11(8-12,9-13)14-7-10-5-3-2-4-6-10/h2-6,12-13H,7-9H2,1H3. The summed E-state index contributed by atoms with van der Waals surface area (Å²) in [7, 11) is 0. The van der Waals surface area contributed by atoms with Gasteiger partial charge in [-0.1, -0.05) is 30.3 Å². The van der Waals surface area contributed by atoms with Crippen molar-refractivity contribution in [2.24, 2.45) is 0 Å². The Hall–Kier alpha value is 0.270. The molecule has 3 heteroatoms. The maximum atomic E-state index is 4.36. The first-order chi connectivity index (χ1) is 6.70. The maximum absolute atomic E-state index is 4.36. The lowest BCUT2D eigenvalue weighted by Gasteiger charge is -2.24. The Balaban J connectivity index is 2.48. The molecule has 1 rings (SSSR count). The summed E-state index contributed by atoms with van der Waals surface area (Å²) in [6.07, 6.45) is 0. The molecule has 0 heterocycles.